The highest BCUT2D eigenvalue weighted by molar-refractivity contribution is 7.98. The number of rotatable bonds is 7. The fraction of sp³-hybridized carbons (Fsp3) is 0.923. The Bertz CT molecular complexity index is 263. The number of hydrogen-bond acceptors (Lipinski definition) is 4. The molecule has 106 valence electrons. The molecular formula is C13H26N2O2S. The van der Waals surface area contributed by atoms with Crippen LogP contribution in [-0.4, -0.2) is 61.7 Å². The Morgan fingerprint density at radius 3 is 2.78 bits per heavy atom. The molecule has 0 aliphatic carbocycles. The quantitative estimate of drug-likeness (QED) is 0.758. The summed E-state index contributed by atoms with van der Waals surface area (Å²) in [5.41, 5.74) is 0. The maximum Gasteiger partial charge on any atom is 0.229 e. The highest BCUT2D eigenvalue weighted by atomic mass is 32.2. The molecule has 4 nitrogen and oxygen atoms in total. The topological polar surface area (TPSA) is 41.6 Å². The molecule has 1 fully saturated rings. The Morgan fingerprint density at radius 1 is 1.50 bits per heavy atom. The van der Waals surface area contributed by atoms with E-state index < -0.39 is 0 Å². The SMILES string of the molecule is CCNC1COCC1C(=O)N(C)C(CC)CSC. The van der Waals surface area contributed by atoms with Crippen molar-refractivity contribution in [3.63, 3.8) is 0 Å². The molecule has 1 amide bonds. The Morgan fingerprint density at radius 2 is 2.22 bits per heavy atom. The van der Waals surface area contributed by atoms with Crippen molar-refractivity contribution in [3.8, 4) is 0 Å². The maximum atomic E-state index is 12.5. The molecule has 0 bridgehead atoms. The zero-order valence-corrected chi connectivity index (χ0v) is 12.8. The fourth-order valence-electron chi connectivity index (χ4n) is 2.40. The molecule has 1 rings (SSSR count). The lowest BCUT2D eigenvalue weighted by Gasteiger charge is -2.30. The summed E-state index contributed by atoms with van der Waals surface area (Å²) in [6.07, 6.45) is 3.09. The molecule has 0 aromatic rings. The van der Waals surface area contributed by atoms with Gasteiger partial charge in [-0.05, 0) is 19.2 Å². The monoisotopic (exact) mass is 274 g/mol. The predicted molar refractivity (Wildman–Crippen MR) is 77.0 cm³/mol. The molecule has 5 heteroatoms. The van der Waals surface area contributed by atoms with Crippen molar-refractivity contribution < 1.29 is 9.53 Å². The van der Waals surface area contributed by atoms with Gasteiger partial charge < -0.3 is 15.0 Å². The summed E-state index contributed by atoms with van der Waals surface area (Å²) in [5, 5.41) is 3.34. The minimum absolute atomic E-state index is 0.0224. The van der Waals surface area contributed by atoms with Crippen molar-refractivity contribution in [1.82, 2.24) is 10.2 Å². The van der Waals surface area contributed by atoms with E-state index >= 15 is 0 Å². The van der Waals surface area contributed by atoms with Gasteiger partial charge in [-0.2, -0.15) is 11.8 Å². The van der Waals surface area contributed by atoms with Gasteiger partial charge in [0, 0.05) is 24.9 Å². The number of carbonyl (C=O) groups is 1. The maximum absolute atomic E-state index is 12.5. The third kappa shape index (κ3) is 3.87. The van der Waals surface area contributed by atoms with Crippen LogP contribution in [0.3, 0.4) is 0 Å². The van der Waals surface area contributed by atoms with Crippen molar-refractivity contribution in [1.29, 1.82) is 0 Å². The molecule has 0 aromatic heterocycles. The fourth-order valence-corrected chi connectivity index (χ4v) is 3.24. The van der Waals surface area contributed by atoms with Gasteiger partial charge >= 0.3 is 0 Å². The van der Waals surface area contributed by atoms with Crippen LogP contribution in [0.15, 0.2) is 0 Å². The molecule has 0 saturated carbocycles. The lowest BCUT2D eigenvalue weighted by Crippen LogP contribution is -2.48. The molecule has 18 heavy (non-hydrogen) atoms. The van der Waals surface area contributed by atoms with E-state index in [1.54, 1.807) is 11.8 Å². The van der Waals surface area contributed by atoms with Gasteiger partial charge in [0.25, 0.3) is 0 Å². The average molecular weight is 274 g/mol. The summed E-state index contributed by atoms with van der Waals surface area (Å²) < 4.78 is 5.45. The highest BCUT2D eigenvalue weighted by Crippen LogP contribution is 2.19. The van der Waals surface area contributed by atoms with Crippen LogP contribution in [-0.2, 0) is 9.53 Å². The van der Waals surface area contributed by atoms with Gasteiger partial charge in [-0.25, -0.2) is 0 Å². The van der Waals surface area contributed by atoms with Gasteiger partial charge in [0.05, 0.1) is 19.1 Å². The minimum atomic E-state index is -0.0224. The average Bonchev–Trinajstić information content (AvgIpc) is 2.83. The summed E-state index contributed by atoms with van der Waals surface area (Å²) in [5.74, 6) is 1.20. The minimum Gasteiger partial charge on any atom is -0.379 e. The zero-order valence-electron chi connectivity index (χ0n) is 11.9. The number of amides is 1. The van der Waals surface area contributed by atoms with Crippen LogP contribution in [0.2, 0.25) is 0 Å². The third-order valence-electron chi connectivity index (χ3n) is 3.59. The normalized spacial score (nSPS) is 25.1. The second kappa shape index (κ2) is 8.02. The number of hydrogen-bond donors (Lipinski definition) is 1. The molecule has 1 heterocycles. The van der Waals surface area contributed by atoms with E-state index in [9.17, 15) is 4.79 Å². The standard InChI is InChI=1S/C13H26N2O2S/c1-5-10(9-18-4)15(3)13(16)11-7-17-8-12(11)14-6-2/h10-12,14H,5-9H2,1-4H3. The first-order valence-electron chi connectivity index (χ1n) is 6.72. The Hall–Kier alpha value is -0.260. The van der Waals surface area contributed by atoms with Crippen LogP contribution < -0.4 is 5.32 Å². The van der Waals surface area contributed by atoms with E-state index in [1.807, 2.05) is 11.9 Å². The van der Waals surface area contributed by atoms with Crippen LogP contribution in [0.1, 0.15) is 20.3 Å². The van der Waals surface area contributed by atoms with Gasteiger partial charge in [0.2, 0.25) is 5.91 Å². The van der Waals surface area contributed by atoms with E-state index in [4.69, 9.17) is 4.74 Å². The van der Waals surface area contributed by atoms with Gasteiger partial charge in [-0.3, -0.25) is 4.79 Å². The lowest BCUT2D eigenvalue weighted by molar-refractivity contribution is -0.136. The summed E-state index contributed by atoms with van der Waals surface area (Å²) >= 11 is 1.79. The second-order valence-electron chi connectivity index (χ2n) is 4.77. The zero-order chi connectivity index (χ0) is 13.5. The summed E-state index contributed by atoms with van der Waals surface area (Å²) in [6, 6.07) is 0.507. The van der Waals surface area contributed by atoms with E-state index in [2.05, 4.69) is 25.4 Å². The van der Waals surface area contributed by atoms with E-state index in [1.165, 1.54) is 0 Å². The number of nitrogens with zero attached hydrogens (tertiary/aromatic N) is 1. The van der Waals surface area contributed by atoms with Crippen LogP contribution in [0, 0.1) is 5.92 Å². The van der Waals surface area contributed by atoms with Crippen molar-refractivity contribution in [2.24, 2.45) is 5.92 Å². The third-order valence-corrected chi connectivity index (χ3v) is 4.31. The molecule has 1 aliphatic heterocycles. The first kappa shape index (κ1) is 15.8. The van der Waals surface area contributed by atoms with Crippen LogP contribution in [0.4, 0.5) is 0 Å². The molecule has 0 spiro atoms. The Labute approximate surface area is 115 Å². The van der Waals surface area contributed by atoms with Crippen molar-refractivity contribution in [2.75, 3.05) is 38.8 Å². The Balaban J connectivity index is 2.61. The van der Waals surface area contributed by atoms with Crippen molar-refractivity contribution in [3.05, 3.63) is 0 Å². The predicted octanol–water partition coefficient (Wildman–Crippen LogP) is 1.21. The first-order chi connectivity index (χ1) is 8.65. The number of carbonyl (C=O) groups excluding carboxylic acids is 1. The molecule has 0 aromatic carbocycles. The number of likely N-dealkylation sites (N-methyl/N-ethyl adjacent to an activating group) is 1. The van der Waals surface area contributed by atoms with Crippen LogP contribution in [0.5, 0.6) is 0 Å². The van der Waals surface area contributed by atoms with Crippen molar-refractivity contribution >= 4 is 17.7 Å². The summed E-state index contributed by atoms with van der Waals surface area (Å²) in [4.78, 5) is 14.4. The lowest BCUT2D eigenvalue weighted by atomic mass is 10.0. The van der Waals surface area contributed by atoms with Crippen LogP contribution in [0.25, 0.3) is 0 Å². The summed E-state index contributed by atoms with van der Waals surface area (Å²) in [7, 11) is 1.92. The van der Waals surface area contributed by atoms with E-state index in [0.717, 1.165) is 18.7 Å². The van der Waals surface area contributed by atoms with Crippen LogP contribution >= 0.6 is 11.8 Å². The first-order valence-corrected chi connectivity index (χ1v) is 8.11. The molecule has 1 saturated heterocycles. The molecule has 0 radical (unpaired) electrons. The number of thioether (sulfide) groups is 1. The molecule has 3 atom stereocenters. The number of nitrogens with one attached hydrogen (secondary N) is 1. The summed E-state index contributed by atoms with van der Waals surface area (Å²) in [6.45, 7) is 6.28. The van der Waals surface area contributed by atoms with Gasteiger partial charge in [-0.1, -0.05) is 13.8 Å². The van der Waals surface area contributed by atoms with E-state index in [-0.39, 0.29) is 17.9 Å². The molecule has 1 aliphatic rings. The number of ether oxygens (including phenoxy) is 1. The molecule has 1 N–H and O–H groups in total. The van der Waals surface area contributed by atoms with Gasteiger partial charge in [0.15, 0.2) is 0 Å². The Kier molecular flexibility index (Phi) is 7.04. The van der Waals surface area contributed by atoms with Gasteiger partial charge in [0.1, 0.15) is 0 Å². The van der Waals surface area contributed by atoms with Crippen molar-refractivity contribution in [2.45, 2.75) is 32.4 Å². The smallest absolute Gasteiger partial charge is 0.229 e. The van der Waals surface area contributed by atoms with Gasteiger partial charge in [-0.15, -0.1) is 0 Å². The molecule has 3 unspecified atom stereocenters. The second-order valence-corrected chi connectivity index (χ2v) is 5.69. The largest absolute Gasteiger partial charge is 0.379 e. The van der Waals surface area contributed by atoms with E-state index in [0.29, 0.717) is 19.3 Å². The molecular weight excluding hydrogens is 248 g/mol. The highest BCUT2D eigenvalue weighted by Gasteiger charge is 2.36.